The Bertz CT molecular complexity index is 1400. The quantitative estimate of drug-likeness (QED) is 0.362. The first-order valence-electron chi connectivity index (χ1n) is 11.6. The molecule has 0 saturated heterocycles. The van der Waals surface area contributed by atoms with Crippen molar-refractivity contribution in [2.45, 2.75) is 19.9 Å². The summed E-state index contributed by atoms with van der Waals surface area (Å²) in [6.45, 7) is 5.05. The fourth-order valence-electron chi connectivity index (χ4n) is 4.05. The number of hydrogen-bond donors (Lipinski definition) is 0. The van der Waals surface area contributed by atoms with Crippen molar-refractivity contribution < 1.29 is 4.79 Å². The second-order valence-electron chi connectivity index (χ2n) is 8.95. The standard InChI is InChI=1S/C28H29ClN4O2/c1-19-9-15-23(16-10-19)33-26(30-25-8-6-5-7-24(25)28(33)35)20(2)32(18-17-31(3)4)27(34)21-11-13-22(29)14-12-21/h5-16,20H,17-18H2,1-4H3. The maximum Gasteiger partial charge on any atom is 0.266 e. The zero-order valence-corrected chi connectivity index (χ0v) is 21.2. The van der Waals surface area contributed by atoms with Crippen molar-refractivity contribution in [2.75, 3.05) is 27.2 Å². The smallest absolute Gasteiger partial charge is 0.266 e. The molecular formula is C28H29ClN4O2. The number of halogens is 1. The van der Waals surface area contributed by atoms with E-state index in [2.05, 4.69) is 0 Å². The summed E-state index contributed by atoms with van der Waals surface area (Å²) in [5, 5.41) is 1.10. The lowest BCUT2D eigenvalue weighted by Crippen LogP contribution is -2.41. The molecule has 0 saturated carbocycles. The van der Waals surface area contributed by atoms with Gasteiger partial charge in [0.2, 0.25) is 0 Å². The molecule has 1 atom stereocenters. The molecule has 0 spiro atoms. The summed E-state index contributed by atoms with van der Waals surface area (Å²) in [6.07, 6.45) is 0. The summed E-state index contributed by atoms with van der Waals surface area (Å²) in [6, 6.07) is 21.5. The number of nitrogens with zero attached hydrogens (tertiary/aromatic N) is 4. The molecule has 7 heteroatoms. The Hall–Kier alpha value is -3.48. The molecule has 0 radical (unpaired) electrons. The lowest BCUT2D eigenvalue weighted by molar-refractivity contribution is 0.0667. The predicted molar refractivity (Wildman–Crippen MR) is 142 cm³/mol. The van der Waals surface area contributed by atoms with Crippen molar-refractivity contribution in [3.05, 3.63) is 105 Å². The maximum atomic E-state index is 13.7. The van der Waals surface area contributed by atoms with Crippen LogP contribution in [0.2, 0.25) is 5.02 Å². The van der Waals surface area contributed by atoms with E-state index in [-0.39, 0.29) is 11.5 Å². The van der Waals surface area contributed by atoms with E-state index in [9.17, 15) is 9.59 Å². The Morgan fingerprint density at radius 1 is 0.971 bits per heavy atom. The summed E-state index contributed by atoms with van der Waals surface area (Å²) < 4.78 is 1.63. The first-order chi connectivity index (χ1) is 16.8. The molecule has 6 nitrogen and oxygen atoms in total. The minimum atomic E-state index is -0.475. The fraction of sp³-hybridized carbons (Fsp3) is 0.250. The number of carbonyl (C=O) groups is 1. The summed E-state index contributed by atoms with van der Waals surface area (Å²) >= 11 is 6.05. The number of amides is 1. The molecule has 0 fully saturated rings. The Morgan fingerprint density at radius 2 is 1.63 bits per heavy atom. The molecule has 0 aliphatic rings. The van der Waals surface area contributed by atoms with Crippen LogP contribution < -0.4 is 5.56 Å². The lowest BCUT2D eigenvalue weighted by Gasteiger charge is -2.31. The van der Waals surface area contributed by atoms with Crippen molar-refractivity contribution in [1.82, 2.24) is 19.4 Å². The highest BCUT2D eigenvalue weighted by Gasteiger charge is 2.27. The maximum absolute atomic E-state index is 13.7. The Labute approximate surface area is 210 Å². The predicted octanol–water partition coefficient (Wildman–Crippen LogP) is 5.11. The van der Waals surface area contributed by atoms with Crippen molar-refractivity contribution in [1.29, 1.82) is 0 Å². The molecule has 4 rings (SSSR count). The number of hydrogen-bond acceptors (Lipinski definition) is 4. The van der Waals surface area contributed by atoms with Gasteiger partial charge in [-0.15, -0.1) is 0 Å². The first-order valence-corrected chi connectivity index (χ1v) is 11.9. The normalized spacial score (nSPS) is 12.2. The van der Waals surface area contributed by atoms with Crippen LogP contribution in [0.1, 0.15) is 34.7 Å². The molecule has 1 aromatic heterocycles. The molecular weight excluding hydrogens is 460 g/mol. The summed E-state index contributed by atoms with van der Waals surface area (Å²) in [5.41, 5.74) is 2.79. The summed E-state index contributed by atoms with van der Waals surface area (Å²) in [4.78, 5) is 36.1. The van der Waals surface area contributed by atoms with Gasteiger partial charge in [-0.3, -0.25) is 14.2 Å². The molecule has 1 unspecified atom stereocenters. The van der Waals surface area contributed by atoms with Gasteiger partial charge in [-0.1, -0.05) is 41.4 Å². The van der Waals surface area contributed by atoms with Gasteiger partial charge in [0, 0.05) is 23.7 Å². The summed E-state index contributed by atoms with van der Waals surface area (Å²) in [7, 11) is 3.93. The monoisotopic (exact) mass is 488 g/mol. The van der Waals surface area contributed by atoms with E-state index in [0.29, 0.717) is 46.1 Å². The van der Waals surface area contributed by atoms with Gasteiger partial charge in [-0.2, -0.15) is 0 Å². The van der Waals surface area contributed by atoms with Gasteiger partial charge < -0.3 is 9.80 Å². The van der Waals surface area contributed by atoms with Crippen molar-refractivity contribution >= 4 is 28.4 Å². The van der Waals surface area contributed by atoms with E-state index in [1.807, 2.05) is 75.3 Å². The van der Waals surface area contributed by atoms with Crippen LogP contribution in [-0.4, -0.2) is 52.4 Å². The van der Waals surface area contributed by atoms with E-state index in [0.717, 1.165) is 5.56 Å². The van der Waals surface area contributed by atoms with Crippen LogP contribution in [0.4, 0.5) is 0 Å². The van der Waals surface area contributed by atoms with E-state index in [1.54, 1.807) is 39.8 Å². The van der Waals surface area contributed by atoms with E-state index >= 15 is 0 Å². The molecule has 0 N–H and O–H groups in total. The number of rotatable bonds is 7. The minimum absolute atomic E-state index is 0.145. The van der Waals surface area contributed by atoms with Crippen molar-refractivity contribution in [2.24, 2.45) is 0 Å². The van der Waals surface area contributed by atoms with Crippen LogP contribution in [0.5, 0.6) is 0 Å². The fourth-order valence-corrected chi connectivity index (χ4v) is 4.18. The number of carbonyl (C=O) groups excluding carboxylic acids is 1. The third-order valence-corrected chi connectivity index (χ3v) is 6.33. The molecule has 0 aliphatic carbocycles. The number of likely N-dealkylation sites (N-methyl/N-ethyl adjacent to an activating group) is 1. The molecule has 3 aromatic carbocycles. The summed E-state index contributed by atoms with van der Waals surface area (Å²) in [5.74, 6) is 0.368. The number of aromatic nitrogens is 2. The number of fused-ring (bicyclic) bond motifs is 1. The average Bonchev–Trinajstić information content (AvgIpc) is 2.85. The van der Waals surface area contributed by atoms with Crippen LogP contribution in [-0.2, 0) is 0 Å². The molecule has 4 aromatic rings. The highest BCUT2D eigenvalue weighted by molar-refractivity contribution is 6.30. The highest BCUT2D eigenvalue weighted by Crippen LogP contribution is 2.25. The first kappa shape index (κ1) is 24.6. The number of benzene rings is 3. The second kappa shape index (κ2) is 10.4. The van der Waals surface area contributed by atoms with Gasteiger partial charge in [0.15, 0.2) is 0 Å². The SMILES string of the molecule is Cc1ccc(-n2c(C(C)N(CCN(C)C)C(=O)c3ccc(Cl)cc3)nc3ccccc3c2=O)cc1. The van der Waals surface area contributed by atoms with E-state index < -0.39 is 6.04 Å². The van der Waals surface area contributed by atoms with Gasteiger partial charge in [0.25, 0.3) is 11.5 Å². The largest absolute Gasteiger partial charge is 0.327 e. The van der Waals surface area contributed by atoms with Crippen LogP contribution in [0.15, 0.2) is 77.6 Å². The van der Waals surface area contributed by atoms with Crippen molar-refractivity contribution in [3.8, 4) is 5.69 Å². The second-order valence-corrected chi connectivity index (χ2v) is 9.38. The third-order valence-electron chi connectivity index (χ3n) is 6.08. The lowest BCUT2D eigenvalue weighted by atomic mass is 10.1. The van der Waals surface area contributed by atoms with Crippen LogP contribution in [0.25, 0.3) is 16.6 Å². The zero-order chi connectivity index (χ0) is 25.1. The number of aryl methyl sites for hydroxylation is 1. The zero-order valence-electron chi connectivity index (χ0n) is 20.4. The van der Waals surface area contributed by atoms with Gasteiger partial charge in [0.05, 0.1) is 22.6 Å². The van der Waals surface area contributed by atoms with Gasteiger partial charge in [-0.05, 0) is 76.5 Å². The van der Waals surface area contributed by atoms with Crippen LogP contribution >= 0.6 is 11.6 Å². The van der Waals surface area contributed by atoms with Crippen molar-refractivity contribution in [3.63, 3.8) is 0 Å². The molecule has 1 heterocycles. The Morgan fingerprint density at radius 3 is 2.29 bits per heavy atom. The van der Waals surface area contributed by atoms with Gasteiger partial charge in [0.1, 0.15) is 5.82 Å². The molecule has 35 heavy (non-hydrogen) atoms. The number of para-hydroxylation sites is 1. The topological polar surface area (TPSA) is 58.4 Å². The molecule has 0 aliphatic heterocycles. The van der Waals surface area contributed by atoms with E-state index in [4.69, 9.17) is 16.6 Å². The average molecular weight is 489 g/mol. The molecule has 180 valence electrons. The molecule has 0 bridgehead atoms. The van der Waals surface area contributed by atoms with Crippen LogP contribution in [0.3, 0.4) is 0 Å². The van der Waals surface area contributed by atoms with Gasteiger partial charge >= 0.3 is 0 Å². The Balaban J connectivity index is 1.88. The third kappa shape index (κ3) is 5.29. The minimum Gasteiger partial charge on any atom is -0.327 e. The Kier molecular flexibility index (Phi) is 7.34. The van der Waals surface area contributed by atoms with E-state index in [1.165, 1.54) is 0 Å². The highest BCUT2D eigenvalue weighted by atomic mass is 35.5. The van der Waals surface area contributed by atoms with Crippen LogP contribution in [0, 0.1) is 6.92 Å². The van der Waals surface area contributed by atoms with Gasteiger partial charge in [-0.25, -0.2) is 4.98 Å². The molecule has 1 amide bonds.